The van der Waals surface area contributed by atoms with Gasteiger partial charge < -0.3 is 19.6 Å². The Bertz CT molecular complexity index is 536. The van der Waals surface area contributed by atoms with Gasteiger partial charge in [0.2, 0.25) is 0 Å². The number of aliphatic hydroxyl groups is 1. The quantitative estimate of drug-likeness (QED) is 0.911. The lowest BCUT2D eigenvalue weighted by molar-refractivity contribution is -0.141. The van der Waals surface area contributed by atoms with Gasteiger partial charge in [-0.15, -0.1) is 0 Å². The Morgan fingerprint density at radius 2 is 2.09 bits per heavy atom. The van der Waals surface area contributed by atoms with E-state index < -0.39 is 0 Å². The summed E-state index contributed by atoms with van der Waals surface area (Å²) in [6.07, 6.45) is 3.05. The minimum Gasteiger partial charge on any atom is -0.484 e. The topological polar surface area (TPSA) is 53.0 Å². The van der Waals surface area contributed by atoms with E-state index in [-0.39, 0.29) is 30.6 Å². The van der Waals surface area contributed by atoms with Gasteiger partial charge in [-0.2, -0.15) is 0 Å². The molecule has 0 aromatic heterocycles. The van der Waals surface area contributed by atoms with E-state index in [1.165, 1.54) is 0 Å². The molecule has 2 atom stereocenters. The van der Waals surface area contributed by atoms with Gasteiger partial charge in [0.25, 0.3) is 5.91 Å². The molecule has 1 aromatic rings. The van der Waals surface area contributed by atoms with Crippen molar-refractivity contribution in [2.45, 2.75) is 25.3 Å². The molecule has 2 fully saturated rings. The van der Waals surface area contributed by atoms with Crippen LogP contribution in [0, 0.1) is 5.41 Å². The van der Waals surface area contributed by atoms with Gasteiger partial charge in [0.1, 0.15) is 5.75 Å². The van der Waals surface area contributed by atoms with Crippen LogP contribution < -0.4 is 4.74 Å². The summed E-state index contributed by atoms with van der Waals surface area (Å²) < 4.78 is 5.58. The minimum absolute atomic E-state index is 0.0272. The number of benzene rings is 1. The number of ether oxygens (including phenoxy) is 1. The van der Waals surface area contributed by atoms with Crippen LogP contribution in [-0.4, -0.2) is 66.8 Å². The molecular weight excluding hydrogens is 292 g/mol. The smallest absolute Gasteiger partial charge is 0.260 e. The molecule has 5 heteroatoms. The zero-order valence-electron chi connectivity index (χ0n) is 13.8. The SMILES string of the molecule is CN1CCC[C@]2(CO)CCN(C(=O)COc3ccccc3)C[C@@H]12. The second-order valence-electron chi connectivity index (χ2n) is 6.81. The number of likely N-dealkylation sites (tertiary alicyclic amines) is 2. The normalized spacial score (nSPS) is 28.3. The summed E-state index contributed by atoms with van der Waals surface area (Å²) in [6, 6.07) is 9.67. The average molecular weight is 318 g/mol. The van der Waals surface area contributed by atoms with Gasteiger partial charge in [-0.05, 0) is 45.0 Å². The van der Waals surface area contributed by atoms with E-state index in [0.29, 0.717) is 13.1 Å². The molecule has 0 spiro atoms. The highest BCUT2D eigenvalue weighted by Gasteiger charge is 2.47. The first-order valence-electron chi connectivity index (χ1n) is 8.41. The van der Waals surface area contributed by atoms with Crippen LogP contribution in [0.5, 0.6) is 5.75 Å². The highest BCUT2D eigenvalue weighted by molar-refractivity contribution is 5.78. The summed E-state index contributed by atoms with van der Waals surface area (Å²) in [5.41, 5.74) is -0.0376. The molecule has 0 aliphatic carbocycles. The van der Waals surface area contributed by atoms with Crippen molar-refractivity contribution in [1.82, 2.24) is 9.80 Å². The van der Waals surface area contributed by atoms with Gasteiger partial charge >= 0.3 is 0 Å². The fourth-order valence-corrected chi connectivity index (χ4v) is 4.00. The summed E-state index contributed by atoms with van der Waals surface area (Å²) in [5.74, 6) is 0.747. The fraction of sp³-hybridized carbons (Fsp3) is 0.611. The number of carbonyl (C=O) groups is 1. The number of hydrogen-bond acceptors (Lipinski definition) is 4. The molecule has 126 valence electrons. The Morgan fingerprint density at radius 1 is 1.30 bits per heavy atom. The first-order valence-corrected chi connectivity index (χ1v) is 8.41. The first-order chi connectivity index (χ1) is 11.1. The summed E-state index contributed by atoms with van der Waals surface area (Å²) in [4.78, 5) is 16.7. The highest BCUT2D eigenvalue weighted by atomic mass is 16.5. The molecule has 0 radical (unpaired) electrons. The second kappa shape index (κ2) is 6.89. The maximum absolute atomic E-state index is 12.5. The maximum atomic E-state index is 12.5. The molecule has 1 amide bonds. The lowest BCUT2D eigenvalue weighted by atomic mass is 9.69. The van der Waals surface area contributed by atoms with Crippen LogP contribution in [0.2, 0.25) is 0 Å². The first kappa shape index (κ1) is 16.3. The van der Waals surface area contributed by atoms with Crippen molar-refractivity contribution in [3.63, 3.8) is 0 Å². The molecule has 1 aromatic carbocycles. The molecule has 2 heterocycles. The third-order valence-electron chi connectivity index (χ3n) is 5.47. The number of aliphatic hydroxyl groups excluding tert-OH is 1. The third kappa shape index (κ3) is 3.35. The van der Waals surface area contributed by atoms with Crippen molar-refractivity contribution in [1.29, 1.82) is 0 Å². The van der Waals surface area contributed by atoms with Gasteiger partial charge in [0, 0.05) is 24.5 Å². The van der Waals surface area contributed by atoms with E-state index in [1.807, 2.05) is 35.2 Å². The molecule has 23 heavy (non-hydrogen) atoms. The zero-order chi connectivity index (χ0) is 16.3. The number of piperidine rings is 2. The van der Waals surface area contributed by atoms with E-state index in [0.717, 1.165) is 31.6 Å². The van der Waals surface area contributed by atoms with Crippen LogP contribution in [0.3, 0.4) is 0 Å². The van der Waals surface area contributed by atoms with Crippen LogP contribution in [0.25, 0.3) is 0 Å². The molecule has 0 unspecified atom stereocenters. The Kier molecular flexibility index (Phi) is 4.87. The standard InChI is InChI=1S/C18H26N2O3/c1-19-10-5-8-18(14-21)9-11-20(12-16(18)19)17(22)13-23-15-6-3-2-4-7-15/h2-4,6-7,16,21H,5,8-14H2,1H3/t16-,18-/m1/s1. The van der Waals surface area contributed by atoms with Crippen LogP contribution in [0.1, 0.15) is 19.3 Å². The van der Waals surface area contributed by atoms with Crippen molar-refractivity contribution < 1.29 is 14.6 Å². The lowest BCUT2D eigenvalue weighted by Crippen LogP contribution is -2.62. The lowest BCUT2D eigenvalue weighted by Gasteiger charge is -2.53. The summed E-state index contributed by atoms with van der Waals surface area (Å²) >= 11 is 0. The molecule has 0 bridgehead atoms. The Morgan fingerprint density at radius 3 is 2.83 bits per heavy atom. The van der Waals surface area contributed by atoms with Crippen LogP contribution in [-0.2, 0) is 4.79 Å². The number of carbonyl (C=O) groups excluding carboxylic acids is 1. The summed E-state index contributed by atoms with van der Waals surface area (Å²) in [7, 11) is 2.10. The van der Waals surface area contributed by atoms with Crippen LogP contribution in [0.4, 0.5) is 0 Å². The number of fused-ring (bicyclic) bond motifs is 1. The van der Waals surface area contributed by atoms with Crippen molar-refractivity contribution in [2.24, 2.45) is 5.41 Å². The molecule has 2 aliphatic heterocycles. The second-order valence-corrected chi connectivity index (χ2v) is 6.81. The predicted octanol–water partition coefficient (Wildman–Crippen LogP) is 1.37. The van der Waals surface area contributed by atoms with Gasteiger partial charge in [0.05, 0.1) is 6.61 Å². The molecule has 1 N–H and O–H groups in total. The van der Waals surface area contributed by atoms with Crippen LogP contribution in [0.15, 0.2) is 30.3 Å². The monoisotopic (exact) mass is 318 g/mol. The Hall–Kier alpha value is -1.59. The summed E-state index contributed by atoms with van der Waals surface area (Å²) in [5, 5.41) is 9.92. The van der Waals surface area contributed by atoms with Gasteiger partial charge in [-0.3, -0.25) is 4.79 Å². The zero-order valence-corrected chi connectivity index (χ0v) is 13.8. The number of nitrogens with zero attached hydrogens (tertiary/aromatic N) is 2. The number of rotatable bonds is 4. The molecular formula is C18H26N2O3. The van der Waals surface area contributed by atoms with Gasteiger partial charge in [-0.1, -0.05) is 18.2 Å². The summed E-state index contributed by atoms with van der Waals surface area (Å²) in [6.45, 7) is 2.72. The number of amides is 1. The van der Waals surface area contributed by atoms with Crippen molar-refractivity contribution in [3.8, 4) is 5.75 Å². The molecule has 5 nitrogen and oxygen atoms in total. The maximum Gasteiger partial charge on any atom is 0.260 e. The minimum atomic E-state index is -0.0376. The Labute approximate surface area is 137 Å². The fourth-order valence-electron chi connectivity index (χ4n) is 4.00. The van der Waals surface area contributed by atoms with Crippen molar-refractivity contribution in [3.05, 3.63) is 30.3 Å². The van der Waals surface area contributed by atoms with Gasteiger partial charge in [-0.25, -0.2) is 0 Å². The van der Waals surface area contributed by atoms with E-state index in [2.05, 4.69) is 11.9 Å². The van der Waals surface area contributed by atoms with Gasteiger partial charge in [0.15, 0.2) is 6.61 Å². The van der Waals surface area contributed by atoms with Crippen molar-refractivity contribution >= 4 is 5.91 Å². The van der Waals surface area contributed by atoms with Crippen molar-refractivity contribution in [2.75, 3.05) is 39.9 Å². The Balaban J connectivity index is 1.60. The van der Waals surface area contributed by atoms with E-state index in [9.17, 15) is 9.90 Å². The van der Waals surface area contributed by atoms with E-state index in [1.54, 1.807) is 0 Å². The average Bonchev–Trinajstić information content (AvgIpc) is 2.60. The number of likely N-dealkylation sites (N-methyl/N-ethyl adjacent to an activating group) is 1. The third-order valence-corrected chi connectivity index (χ3v) is 5.47. The van der Waals surface area contributed by atoms with E-state index >= 15 is 0 Å². The number of hydrogen-bond donors (Lipinski definition) is 1. The predicted molar refractivity (Wildman–Crippen MR) is 88.3 cm³/mol. The number of para-hydroxylation sites is 1. The van der Waals surface area contributed by atoms with Crippen LogP contribution >= 0.6 is 0 Å². The molecule has 0 saturated carbocycles. The van der Waals surface area contributed by atoms with E-state index in [4.69, 9.17) is 4.74 Å². The molecule has 3 rings (SSSR count). The highest BCUT2D eigenvalue weighted by Crippen LogP contribution is 2.41. The largest absolute Gasteiger partial charge is 0.484 e. The molecule has 2 saturated heterocycles. The molecule has 2 aliphatic rings.